The first kappa shape index (κ1) is 11.1. The van der Waals surface area contributed by atoms with Gasteiger partial charge in [0.2, 0.25) is 0 Å². The topological polar surface area (TPSA) is 59.1 Å². The number of aromatic hydroxyl groups is 1. The van der Waals surface area contributed by atoms with E-state index in [1.54, 1.807) is 23.5 Å². The maximum absolute atomic E-state index is 9.24. The number of hydrogen-bond donors (Lipinski definition) is 2. The molecule has 3 nitrogen and oxygen atoms in total. The monoisotopic (exact) mass is 234 g/mol. The van der Waals surface area contributed by atoms with E-state index in [-0.39, 0.29) is 11.8 Å². The van der Waals surface area contributed by atoms with Gasteiger partial charge < -0.3 is 10.8 Å². The number of rotatable bonds is 2. The summed E-state index contributed by atoms with van der Waals surface area (Å²) in [5, 5.41) is 10.3. The fraction of sp³-hybridized carbons (Fsp3) is 0.250. The first-order valence-electron chi connectivity index (χ1n) is 5.10. The molecular weight excluding hydrogens is 220 g/mol. The summed E-state index contributed by atoms with van der Waals surface area (Å²) in [5.74, 6) is 0.262. The molecule has 0 aliphatic carbocycles. The van der Waals surface area contributed by atoms with Crippen LogP contribution >= 0.6 is 11.3 Å². The van der Waals surface area contributed by atoms with Gasteiger partial charge in [-0.05, 0) is 38.1 Å². The standard InChI is InChI=1S/C12H14N2OS/c1-7(13)12-11(14-8(2)16-12)9-3-5-10(15)6-4-9/h3-7,15H,13H2,1-2H3. The number of aryl methyl sites for hydroxylation is 1. The van der Waals surface area contributed by atoms with E-state index in [1.165, 1.54) is 0 Å². The van der Waals surface area contributed by atoms with Crippen LogP contribution in [0.15, 0.2) is 24.3 Å². The van der Waals surface area contributed by atoms with E-state index in [0.29, 0.717) is 0 Å². The zero-order chi connectivity index (χ0) is 11.7. The van der Waals surface area contributed by atoms with Crippen molar-refractivity contribution in [3.8, 4) is 17.0 Å². The van der Waals surface area contributed by atoms with Crippen molar-refractivity contribution in [3.05, 3.63) is 34.2 Å². The lowest BCUT2D eigenvalue weighted by atomic mass is 10.1. The van der Waals surface area contributed by atoms with Crippen molar-refractivity contribution in [2.45, 2.75) is 19.9 Å². The number of phenolic OH excluding ortho intramolecular Hbond substituents is 1. The molecule has 3 N–H and O–H groups in total. The Balaban J connectivity index is 2.50. The van der Waals surface area contributed by atoms with Gasteiger partial charge in [0.1, 0.15) is 5.75 Å². The minimum Gasteiger partial charge on any atom is -0.508 e. The Kier molecular flexibility index (Phi) is 2.94. The van der Waals surface area contributed by atoms with Gasteiger partial charge in [0, 0.05) is 16.5 Å². The fourth-order valence-corrected chi connectivity index (χ4v) is 2.48. The molecule has 2 rings (SSSR count). The summed E-state index contributed by atoms with van der Waals surface area (Å²) in [5.41, 5.74) is 7.84. The Hall–Kier alpha value is -1.39. The Morgan fingerprint density at radius 1 is 1.31 bits per heavy atom. The summed E-state index contributed by atoms with van der Waals surface area (Å²) in [6.07, 6.45) is 0. The third kappa shape index (κ3) is 2.08. The molecule has 0 bridgehead atoms. The largest absolute Gasteiger partial charge is 0.508 e. The molecule has 0 fully saturated rings. The summed E-state index contributed by atoms with van der Waals surface area (Å²) in [4.78, 5) is 5.57. The molecule has 2 aromatic rings. The summed E-state index contributed by atoms with van der Waals surface area (Å²) in [6.45, 7) is 3.93. The number of aromatic nitrogens is 1. The molecule has 16 heavy (non-hydrogen) atoms. The van der Waals surface area contributed by atoms with Gasteiger partial charge in [0.25, 0.3) is 0 Å². The number of phenols is 1. The zero-order valence-corrected chi connectivity index (χ0v) is 10.1. The van der Waals surface area contributed by atoms with E-state index in [2.05, 4.69) is 4.98 Å². The Labute approximate surface area is 98.6 Å². The second-order valence-corrected chi connectivity index (χ2v) is 5.02. The number of benzene rings is 1. The predicted molar refractivity (Wildman–Crippen MR) is 66.6 cm³/mol. The first-order valence-corrected chi connectivity index (χ1v) is 5.92. The molecule has 0 aliphatic rings. The highest BCUT2D eigenvalue weighted by Crippen LogP contribution is 2.32. The molecule has 0 radical (unpaired) electrons. The number of hydrogen-bond acceptors (Lipinski definition) is 4. The smallest absolute Gasteiger partial charge is 0.115 e. The van der Waals surface area contributed by atoms with Crippen LogP contribution in [-0.2, 0) is 0 Å². The van der Waals surface area contributed by atoms with Gasteiger partial charge in [-0.1, -0.05) is 0 Å². The summed E-state index contributed by atoms with van der Waals surface area (Å²) >= 11 is 1.62. The fourth-order valence-electron chi connectivity index (χ4n) is 1.58. The molecule has 1 aromatic heterocycles. The molecule has 0 spiro atoms. The van der Waals surface area contributed by atoms with Crippen LogP contribution in [0.1, 0.15) is 22.9 Å². The van der Waals surface area contributed by atoms with Crippen LogP contribution in [0.2, 0.25) is 0 Å². The van der Waals surface area contributed by atoms with Gasteiger partial charge in [-0.2, -0.15) is 0 Å². The van der Waals surface area contributed by atoms with Crippen molar-refractivity contribution in [1.29, 1.82) is 0 Å². The molecule has 0 aliphatic heterocycles. The normalized spacial score (nSPS) is 12.7. The first-order chi connectivity index (χ1) is 7.58. The lowest BCUT2D eigenvalue weighted by Gasteiger charge is -2.05. The number of nitrogens with two attached hydrogens (primary N) is 1. The van der Waals surface area contributed by atoms with Crippen molar-refractivity contribution >= 4 is 11.3 Å². The van der Waals surface area contributed by atoms with E-state index < -0.39 is 0 Å². The maximum Gasteiger partial charge on any atom is 0.115 e. The van der Waals surface area contributed by atoms with Crippen molar-refractivity contribution in [2.75, 3.05) is 0 Å². The van der Waals surface area contributed by atoms with Gasteiger partial charge in [-0.3, -0.25) is 0 Å². The summed E-state index contributed by atoms with van der Waals surface area (Å²) < 4.78 is 0. The Bertz CT molecular complexity index is 488. The lowest BCUT2D eigenvalue weighted by molar-refractivity contribution is 0.475. The van der Waals surface area contributed by atoms with Crippen LogP contribution in [0.4, 0.5) is 0 Å². The zero-order valence-electron chi connectivity index (χ0n) is 9.27. The molecule has 1 heterocycles. The van der Waals surface area contributed by atoms with E-state index in [4.69, 9.17) is 5.73 Å². The van der Waals surface area contributed by atoms with Crippen LogP contribution in [0, 0.1) is 6.92 Å². The molecule has 1 aromatic carbocycles. The Morgan fingerprint density at radius 2 is 1.94 bits per heavy atom. The predicted octanol–water partition coefficient (Wildman–Crippen LogP) is 2.84. The van der Waals surface area contributed by atoms with Crippen LogP contribution in [0.5, 0.6) is 5.75 Å². The quantitative estimate of drug-likeness (QED) is 0.840. The lowest BCUT2D eigenvalue weighted by Crippen LogP contribution is -2.04. The van der Waals surface area contributed by atoms with E-state index >= 15 is 0 Å². The highest BCUT2D eigenvalue weighted by Gasteiger charge is 2.14. The van der Waals surface area contributed by atoms with Crippen molar-refractivity contribution in [1.82, 2.24) is 4.98 Å². The molecule has 1 atom stereocenters. The highest BCUT2D eigenvalue weighted by atomic mass is 32.1. The van der Waals surface area contributed by atoms with Gasteiger partial charge in [-0.25, -0.2) is 4.98 Å². The second kappa shape index (κ2) is 4.23. The highest BCUT2D eigenvalue weighted by molar-refractivity contribution is 7.12. The average molecular weight is 234 g/mol. The molecule has 84 valence electrons. The molecule has 4 heteroatoms. The van der Waals surface area contributed by atoms with Gasteiger partial charge in [0.05, 0.1) is 10.7 Å². The SMILES string of the molecule is Cc1nc(-c2ccc(O)cc2)c(C(C)N)s1. The minimum absolute atomic E-state index is 0.0185. The minimum atomic E-state index is -0.0185. The van der Waals surface area contributed by atoms with Crippen LogP contribution < -0.4 is 5.73 Å². The van der Waals surface area contributed by atoms with Crippen LogP contribution in [0.25, 0.3) is 11.3 Å². The van der Waals surface area contributed by atoms with Crippen LogP contribution in [0.3, 0.4) is 0 Å². The van der Waals surface area contributed by atoms with E-state index in [9.17, 15) is 5.11 Å². The van der Waals surface area contributed by atoms with Crippen molar-refractivity contribution < 1.29 is 5.11 Å². The molecule has 0 saturated heterocycles. The second-order valence-electron chi connectivity index (χ2n) is 3.78. The van der Waals surface area contributed by atoms with Gasteiger partial charge >= 0.3 is 0 Å². The molecule has 0 saturated carbocycles. The third-order valence-corrected chi connectivity index (χ3v) is 3.49. The average Bonchev–Trinajstić information content (AvgIpc) is 2.61. The van der Waals surface area contributed by atoms with Gasteiger partial charge in [-0.15, -0.1) is 11.3 Å². The molecule has 0 amide bonds. The van der Waals surface area contributed by atoms with E-state index in [1.807, 2.05) is 26.0 Å². The van der Waals surface area contributed by atoms with Crippen molar-refractivity contribution in [3.63, 3.8) is 0 Å². The van der Waals surface area contributed by atoms with Crippen molar-refractivity contribution in [2.24, 2.45) is 5.73 Å². The Morgan fingerprint density at radius 3 is 2.50 bits per heavy atom. The van der Waals surface area contributed by atoms with E-state index in [0.717, 1.165) is 21.1 Å². The van der Waals surface area contributed by atoms with Crippen LogP contribution in [-0.4, -0.2) is 10.1 Å². The maximum atomic E-state index is 9.24. The molecule has 1 unspecified atom stereocenters. The number of thiazole rings is 1. The van der Waals surface area contributed by atoms with Gasteiger partial charge in [0.15, 0.2) is 0 Å². The summed E-state index contributed by atoms with van der Waals surface area (Å²) in [7, 11) is 0. The molecular formula is C12H14N2OS. The third-order valence-electron chi connectivity index (χ3n) is 2.31. The summed E-state index contributed by atoms with van der Waals surface area (Å²) in [6, 6.07) is 7.02. The number of nitrogens with zero attached hydrogens (tertiary/aromatic N) is 1.